The molecule has 0 heterocycles. The van der Waals surface area contributed by atoms with Gasteiger partial charge < -0.3 is 9.64 Å². The number of rotatable bonds is 5. The van der Waals surface area contributed by atoms with Crippen LogP contribution in [-0.4, -0.2) is 25.0 Å². The van der Waals surface area contributed by atoms with Crippen molar-refractivity contribution in [2.45, 2.75) is 38.6 Å². The molecule has 5 heteroatoms. The maximum atomic E-state index is 13.1. The first kappa shape index (κ1) is 20.0. The summed E-state index contributed by atoms with van der Waals surface area (Å²) in [5, 5.41) is 1.21. The third-order valence-electron chi connectivity index (χ3n) is 5.43. The maximum absolute atomic E-state index is 13.1. The molecule has 3 rings (SSSR count). The number of methoxy groups -OCH3 is 1. The van der Waals surface area contributed by atoms with Crippen molar-refractivity contribution in [3.05, 3.63) is 63.1 Å². The third kappa shape index (κ3) is 4.25. The molecule has 2 unspecified atom stereocenters. The minimum atomic E-state index is -0.162. The van der Waals surface area contributed by atoms with Crippen LogP contribution in [0.2, 0.25) is 10.0 Å². The van der Waals surface area contributed by atoms with Gasteiger partial charge in [-0.05, 0) is 60.6 Å². The van der Waals surface area contributed by atoms with E-state index in [1.807, 2.05) is 43.1 Å². The Morgan fingerprint density at radius 3 is 2.78 bits per heavy atom. The van der Waals surface area contributed by atoms with Crippen LogP contribution >= 0.6 is 23.2 Å². The number of carbonyl (C=O) groups excluding carboxylic acids is 1. The lowest BCUT2D eigenvalue weighted by atomic mass is 9.85. The Bertz CT molecular complexity index is 837. The van der Waals surface area contributed by atoms with E-state index in [1.54, 1.807) is 13.2 Å². The van der Waals surface area contributed by atoms with Crippen molar-refractivity contribution in [1.29, 1.82) is 0 Å². The summed E-state index contributed by atoms with van der Waals surface area (Å²) in [5.41, 5.74) is 3.37. The molecular weight excluding hydrogens is 381 g/mol. The van der Waals surface area contributed by atoms with Crippen molar-refractivity contribution in [3.63, 3.8) is 0 Å². The predicted molar refractivity (Wildman–Crippen MR) is 111 cm³/mol. The Balaban J connectivity index is 1.78. The summed E-state index contributed by atoms with van der Waals surface area (Å²) in [4.78, 5) is 15.0. The highest BCUT2D eigenvalue weighted by Crippen LogP contribution is 2.38. The summed E-state index contributed by atoms with van der Waals surface area (Å²) in [6.45, 7) is 1.96. The van der Waals surface area contributed by atoms with Gasteiger partial charge >= 0.3 is 0 Å². The molecule has 1 aliphatic rings. The van der Waals surface area contributed by atoms with Gasteiger partial charge in [-0.3, -0.25) is 4.79 Å². The monoisotopic (exact) mass is 405 g/mol. The predicted octanol–water partition coefficient (Wildman–Crippen LogP) is 5.72. The molecule has 1 amide bonds. The molecule has 0 fully saturated rings. The van der Waals surface area contributed by atoms with Crippen molar-refractivity contribution >= 4 is 29.1 Å². The van der Waals surface area contributed by atoms with Gasteiger partial charge in [0.2, 0.25) is 5.91 Å². The summed E-state index contributed by atoms with van der Waals surface area (Å²) in [6.07, 6.45) is 3.61. The lowest BCUT2D eigenvalue weighted by molar-refractivity contribution is -0.136. The molecule has 144 valence electrons. The highest BCUT2D eigenvalue weighted by atomic mass is 35.5. The average molecular weight is 406 g/mol. The largest absolute Gasteiger partial charge is 0.496 e. The van der Waals surface area contributed by atoms with E-state index >= 15 is 0 Å². The van der Waals surface area contributed by atoms with Crippen LogP contribution in [0, 0.1) is 5.92 Å². The normalized spacial score (nSPS) is 17.1. The Morgan fingerprint density at radius 2 is 2.07 bits per heavy atom. The van der Waals surface area contributed by atoms with Crippen LogP contribution in [0.5, 0.6) is 5.75 Å². The van der Waals surface area contributed by atoms with Crippen molar-refractivity contribution in [2.24, 2.45) is 5.92 Å². The fourth-order valence-corrected chi connectivity index (χ4v) is 4.47. The first-order valence-electron chi connectivity index (χ1n) is 9.28. The molecule has 2 atom stereocenters. The number of ether oxygens (including phenoxy) is 1. The highest BCUT2D eigenvalue weighted by Gasteiger charge is 2.30. The summed E-state index contributed by atoms with van der Waals surface area (Å²) in [5.74, 6) is 0.880. The van der Waals surface area contributed by atoms with Gasteiger partial charge in [0.15, 0.2) is 0 Å². The van der Waals surface area contributed by atoms with Gasteiger partial charge in [0.1, 0.15) is 5.75 Å². The number of benzene rings is 2. The van der Waals surface area contributed by atoms with E-state index in [2.05, 4.69) is 6.07 Å². The van der Waals surface area contributed by atoms with Crippen molar-refractivity contribution in [2.75, 3.05) is 14.2 Å². The van der Waals surface area contributed by atoms with Gasteiger partial charge in [0, 0.05) is 23.0 Å². The number of amides is 1. The van der Waals surface area contributed by atoms with Crippen LogP contribution < -0.4 is 4.74 Å². The van der Waals surface area contributed by atoms with Crippen LogP contribution in [0.1, 0.15) is 42.5 Å². The van der Waals surface area contributed by atoms with E-state index in [9.17, 15) is 4.79 Å². The SMILES string of the molecule is COc1cccc2c1CCCC2N(C)C(=O)C(C)Cc1ccc(Cl)cc1Cl. The molecule has 0 spiro atoms. The van der Waals surface area contributed by atoms with Crippen molar-refractivity contribution in [3.8, 4) is 5.75 Å². The molecule has 0 N–H and O–H groups in total. The molecular formula is C22H25Cl2NO2. The summed E-state index contributed by atoms with van der Waals surface area (Å²) in [6, 6.07) is 11.6. The molecule has 1 aliphatic carbocycles. The third-order valence-corrected chi connectivity index (χ3v) is 6.02. The Labute approximate surface area is 171 Å². The molecule has 0 saturated heterocycles. The number of carbonyl (C=O) groups is 1. The van der Waals surface area contributed by atoms with Crippen LogP contribution in [-0.2, 0) is 17.6 Å². The zero-order valence-corrected chi connectivity index (χ0v) is 17.5. The minimum Gasteiger partial charge on any atom is -0.496 e. The van der Waals surface area contributed by atoms with E-state index in [0.717, 1.165) is 30.6 Å². The van der Waals surface area contributed by atoms with Gasteiger partial charge in [-0.1, -0.05) is 48.3 Å². The first-order valence-corrected chi connectivity index (χ1v) is 10.0. The topological polar surface area (TPSA) is 29.5 Å². The average Bonchev–Trinajstić information content (AvgIpc) is 2.67. The molecule has 0 bridgehead atoms. The molecule has 0 aromatic heterocycles. The van der Waals surface area contributed by atoms with Gasteiger partial charge in [0.05, 0.1) is 13.2 Å². The van der Waals surface area contributed by atoms with Gasteiger partial charge in [-0.2, -0.15) is 0 Å². The number of fused-ring (bicyclic) bond motifs is 1. The molecule has 2 aromatic carbocycles. The quantitative estimate of drug-likeness (QED) is 0.636. The Morgan fingerprint density at radius 1 is 1.30 bits per heavy atom. The zero-order chi connectivity index (χ0) is 19.6. The Kier molecular flexibility index (Phi) is 6.33. The molecule has 0 aliphatic heterocycles. The van der Waals surface area contributed by atoms with E-state index in [1.165, 1.54) is 11.1 Å². The molecule has 0 saturated carbocycles. The lowest BCUT2D eigenvalue weighted by Crippen LogP contribution is -2.37. The first-order chi connectivity index (χ1) is 12.9. The van der Waals surface area contributed by atoms with E-state index in [4.69, 9.17) is 27.9 Å². The zero-order valence-electron chi connectivity index (χ0n) is 16.0. The summed E-state index contributed by atoms with van der Waals surface area (Å²) < 4.78 is 5.52. The number of halogens is 2. The standard InChI is InChI=1S/C22H25Cl2NO2/c1-14(12-15-10-11-16(23)13-19(15)24)22(26)25(2)20-8-4-7-18-17(20)6-5-9-21(18)27-3/h5-6,9-11,13-14,20H,4,7-8,12H2,1-3H3. The van der Waals surface area contributed by atoms with Gasteiger partial charge in [-0.15, -0.1) is 0 Å². The second kappa shape index (κ2) is 8.53. The van der Waals surface area contributed by atoms with Crippen LogP contribution in [0.15, 0.2) is 36.4 Å². The molecule has 27 heavy (non-hydrogen) atoms. The van der Waals surface area contributed by atoms with Crippen LogP contribution in [0.3, 0.4) is 0 Å². The van der Waals surface area contributed by atoms with Crippen molar-refractivity contribution < 1.29 is 9.53 Å². The Hall–Kier alpha value is -1.71. The van der Waals surface area contributed by atoms with Gasteiger partial charge in [-0.25, -0.2) is 0 Å². The number of nitrogens with zero attached hydrogens (tertiary/aromatic N) is 1. The minimum absolute atomic E-state index is 0.0829. The van der Waals surface area contributed by atoms with Crippen LogP contribution in [0.25, 0.3) is 0 Å². The molecule has 0 radical (unpaired) electrons. The fourth-order valence-electron chi connectivity index (χ4n) is 3.99. The van der Waals surface area contributed by atoms with E-state index in [-0.39, 0.29) is 17.9 Å². The highest BCUT2D eigenvalue weighted by molar-refractivity contribution is 6.35. The molecule has 3 nitrogen and oxygen atoms in total. The smallest absolute Gasteiger partial charge is 0.225 e. The second-order valence-corrected chi connectivity index (χ2v) is 8.07. The summed E-state index contributed by atoms with van der Waals surface area (Å²) >= 11 is 12.3. The maximum Gasteiger partial charge on any atom is 0.225 e. The van der Waals surface area contributed by atoms with E-state index in [0.29, 0.717) is 16.5 Å². The second-order valence-electron chi connectivity index (χ2n) is 7.23. The van der Waals surface area contributed by atoms with Crippen LogP contribution in [0.4, 0.5) is 0 Å². The molecule has 2 aromatic rings. The van der Waals surface area contributed by atoms with Gasteiger partial charge in [0.25, 0.3) is 0 Å². The fraction of sp³-hybridized carbons (Fsp3) is 0.409. The lowest BCUT2D eigenvalue weighted by Gasteiger charge is -2.35. The number of hydrogen-bond acceptors (Lipinski definition) is 2. The summed E-state index contributed by atoms with van der Waals surface area (Å²) in [7, 11) is 3.60. The van der Waals surface area contributed by atoms with Crippen molar-refractivity contribution in [1.82, 2.24) is 4.90 Å². The van der Waals surface area contributed by atoms with E-state index < -0.39 is 0 Å². The number of hydrogen-bond donors (Lipinski definition) is 0.